The molecule has 8 bridgehead atoms. The van der Waals surface area contributed by atoms with Crippen LogP contribution in [0.1, 0.15) is 22.8 Å². The van der Waals surface area contributed by atoms with E-state index >= 15 is 0 Å². The molecule has 2 aliphatic rings. The van der Waals surface area contributed by atoms with Gasteiger partial charge >= 0.3 is 0 Å². The molecule has 0 saturated carbocycles. The van der Waals surface area contributed by atoms with Crippen molar-refractivity contribution in [2.45, 2.75) is 0 Å². The van der Waals surface area contributed by atoms with Crippen LogP contribution < -0.4 is 17.2 Å². The smallest absolute Gasteiger partial charge is 0.0737 e. The number of nitrogens with one attached hydrogen (secondary N) is 2. The van der Waals surface area contributed by atoms with Crippen molar-refractivity contribution in [3.63, 3.8) is 0 Å². The van der Waals surface area contributed by atoms with E-state index in [1.54, 1.807) is 0 Å². The van der Waals surface area contributed by atoms with Gasteiger partial charge in [-0.05, 0) is 107 Å². The Bertz CT molecular complexity index is 2690. The Labute approximate surface area is 294 Å². The summed E-state index contributed by atoms with van der Waals surface area (Å²) in [6.07, 6.45) is 8.30. The maximum Gasteiger partial charge on any atom is 0.0737 e. The number of nitrogen functional groups attached to an aromatic ring is 3. The third-order valence-electron chi connectivity index (χ3n) is 9.34. The van der Waals surface area contributed by atoms with Gasteiger partial charge < -0.3 is 27.2 Å². The Morgan fingerprint density at radius 3 is 0.980 bits per heavy atom. The Hall–Kier alpha value is -7.12. The van der Waals surface area contributed by atoms with E-state index in [-0.39, 0.29) is 0 Å². The molecule has 8 N–H and O–H groups in total. The van der Waals surface area contributed by atoms with E-state index in [0.717, 1.165) is 89.4 Å². The van der Waals surface area contributed by atoms with Crippen LogP contribution in [0.15, 0.2) is 127 Å². The summed E-state index contributed by atoms with van der Waals surface area (Å²) in [5.74, 6) is 0. The molecule has 51 heavy (non-hydrogen) atoms. The topological polar surface area (TPSA) is 135 Å². The van der Waals surface area contributed by atoms with Gasteiger partial charge in [-0.15, -0.1) is 0 Å². The van der Waals surface area contributed by atoms with Crippen molar-refractivity contribution >= 4 is 63.4 Å². The zero-order chi connectivity index (χ0) is 34.5. The van der Waals surface area contributed by atoms with Crippen LogP contribution in [0.25, 0.3) is 90.9 Å². The minimum absolute atomic E-state index is 0.669. The van der Waals surface area contributed by atoms with Crippen molar-refractivity contribution in [3.8, 4) is 44.5 Å². The van der Waals surface area contributed by atoms with Crippen LogP contribution in [0.3, 0.4) is 0 Å². The third-order valence-corrected chi connectivity index (χ3v) is 9.34. The van der Waals surface area contributed by atoms with Crippen LogP contribution in [0.2, 0.25) is 0 Å². The lowest BCUT2D eigenvalue weighted by molar-refractivity contribution is 1.31. The summed E-state index contributed by atoms with van der Waals surface area (Å²) in [6, 6.07) is 42.5. The second-order valence-electron chi connectivity index (χ2n) is 12.7. The molecule has 4 aromatic carbocycles. The molecule has 7 nitrogen and oxygen atoms in total. The summed E-state index contributed by atoms with van der Waals surface area (Å²) in [5.41, 5.74) is 35.7. The van der Waals surface area contributed by atoms with Gasteiger partial charge in [-0.3, -0.25) is 0 Å². The fourth-order valence-electron chi connectivity index (χ4n) is 7.11. The summed E-state index contributed by atoms with van der Waals surface area (Å²) < 4.78 is 0. The molecule has 0 saturated heterocycles. The number of aromatic amines is 2. The fourth-order valence-corrected chi connectivity index (χ4v) is 7.11. The number of aromatic nitrogens is 4. The number of hydrogen-bond acceptors (Lipinski definition) is 5. The first-order chi connectivity index (χ1) is 25.0. The predicted molar refractivity (Wildman–Crippen MR) is 214 cm³/mol. The van der Waals surface area contributed by atoms with Gasteiger partial charge in [0.15, 0.2) is 0 Å². The Morgan fingerprint density at radius 1 is 0.333 bits per heavy atom. The summed E-state index contributed by atoms with van der Waals surface area (Å²) in [7, 11) is 0. The largest absolute Gasteiger partial charge is 0.399 e. The zero-order valence-corrected chi connectivity index (χ0v) is 27.6. The summed E-state index contributed by atoms with van der Waals surface area (Å²) in [5, 5.41) is 0. The van der Waals surface area contributed by atoms with E-state index < -0.39 is 0 Å². The summed E-state index contributed by atoms with van der Waals surface area (Å²) in [4.78, 5) is 18.2. The van der Waals surface area contributed by atoms with Crippen molar-refractivity contribution in [2.24, 2.45) is 0 Å². The lowest BCUT2D eigenvalue weighted by Crippen LogP contribution is -1.91. The fraction of sp³-hybridized carbons (Fsp3) is 0. The second-order valence-corrected chi connectivity index (χ2v) is 12.7. The first-order valence-electron chi connectivity index (χ1n) is 16.8. The van der Waals surface area contributed by atoms with Crippen LogP contribution in [0, 0.1) is 0 Å². The van der Waals surface area contributed by atoms with Crippen LogP contribution in [-0.2, 0) is 0 Å². The van der Waals surface area contributed by atoms with Crippen molar-refractivity contribution in [1.29, 1.82) is 0 Å². The highest BCUT2D eigenvalue weighted by Gasteiger charge is 2.19. The normalized spacial score (nSPS) is 12.0. The lowest BCUT2D eigenvalue weighted by atomic mass is 10.0. The first-order valence-corrected chi connectivity index (χ1v) is 16.8. The Kier molecular flexibility index (Phi) is 7.10. The Balaban J connectivity index is 1.49. The van der Waals surface area contributed by atoms with Gasteiger partial charge in [0.25, 0.3) is 0 Å². The van der Waals surface area contributed by atoms with Crippen molar-refractivity contribution in [2.75, 3.05) is 17.2 Å². The van der Waals surface area contributed by atoms with Crippen molar-refractivity contribution < 1.29 is 0 Å². The number of anilines is 3. The molecule has 0 radical (unpaired) electrons. The average molecular weight is 660 g/mol. The molecular weight excluding hydrogens is 627 g/mol. The van der Waals surface area contributed by atoms with Gasteiger partial charge in [0.1, 0.15) is 0 Å². The van der Waals surface area contributed by atoms with Gasteiger partial charge in [0, 0.05) is 61.4 Å². The van der Waals surface area contributed by atoms with Crippen LogP contribution in [0.4, 0.5) is 17.1 Å². The molecule has 0 aliphatic carbocycles. The maximum absolute atomic E-state index is 6.35. The monoisotopic (exact) mass is 659 g/mol. The molecule has 0 fully saturated rings. The average Bonchev–Trinajstić information content (AvgIpc) is 3.97. The first kappa shape index (κ1) is 30.0. The lowest BCUT2D eigenvalue weighted by Gasteiger charge is -2.08. The SMILES string of the molecule is Nc1cccc(-c2c3nc(c(-c4cccc(N)c4)c4ccc([nH]4)c(-c4cccc(N)c4)c4nc(c(-c5ccccc5)c5ccc2[nH]5)C=C4)C=C3)c1. The Morgan fingerprint density at radius 2 is 0.647 bits per heavy atom. The molecular formula is C44H33N7. The van der Waals surface area contributed by atoms with E-state index in [0.29, 0.717) is 17.1 Å². The molecule has 7 aromatic rings. The predicted octanol–water partition coefficient (Wildman–Crippen LogP) is 10.1. The molecule has 7 heteroatoms. The van der Waals surface area contributed by atoms with Gasteiger partial charge in [-0.2, -0.15) is 0 Å². The molecule has 0 unspecified atom stereocenters. The molecule has 5 heterocycles. The van der Waals surface area contributed by atoms with Crippen molar-refractivity contribution in [3.05, 3.63) is 150 Å². The van der Waals surface area contributed by atoms with Gasteiger partial charge in [0.2, 0.25) is 0 Å². The number of rotatable bonds is 4. The van der Waals surface area contributed by atoms with Crippen LogP contribution >= 0.6 is 0 Å². The van der Waals surface area contributed by atoms with E-state index in [2.05, 4.69) is 88.9 Å². The molecule has 2 aliphatic heterocycles. The number of nitrogens with zero attached hydrogens (tertiary/aromatic N) is 2. The third kappa shape index (κ3) is 5.43. The van der Waals surface area contributed by atoms with E-state index in [9.17, 15) is 0 Å². The van der Waals surface area contributed by atoms with Gasteiger partial charge in [-0.25, -0.2) is 9.97 Å². The minimum atomic E-state index is 0.669. The van der Waals surface area contributed by atoms with Gasteiger partial charge in [0.05, 0.1) is 22.8 Å². The maximum atomic E-state index is 6.35. The van der Waals surface area contributed by atoms with Crippen LogP contribution in [0.5, 0.6) is 0 Å². The molecule has 0 amide bonds. The standard InChI is InChI=1S/C44H33N7/c45-30-12-4-9-27(23-30)42-35-17-15-33(48-35)41(26-7-2-1-3-8-26)34-16-18-36(49-34)43(28-10-5-13-31(46)24-28)38-20-22-40(51-38)44(39-21-19-37(42)50-39)29-11-6-14-32(47)25-29/h1-25,48,51H,45-47H2. The molecule has 3 aromatic heterocycles. The minimum Gasteiger partial charge on any atom is -0.399 e. The number of H-pyrrole nitrogens is 2. The highest BCUT2D eigenvalue weighted by atomic mass is 14.8. The molecule has 244 valence electrons. The van der Waals surface area contributed by atoms with Crippen LogP contribution in [-0.4, -0.2) is 19.9 Å². The highest BCUT2D eigenvalue weighted by Crippen LogP contribution is 2.39. The number of hydrogen-bond donors (Lipinski definition) is 5. The number of benzene rings is 4. The zero-order valence-electron chi connectivity index (χ0n) is 27.6. The van der Waals surface area contributed by atoms with E-state index in [1.165, 1.54) is 0 Å². The molecule has 0 spiro atoms. The number of nitrogens with two attached hydrogens (primary N) is 3. The highest BCUT2D eigenvalue weighted by molar-refractivity contribution is 6.00. The second kappa shape index (κ2) is 12.1. The van der Waals surface area contributed by atoms with Crippen molar-refractivity contribution in [1.82, 2.24) is 19.9 Å². The van der Waals surface area contributed by atoms with E-state index in [1.807, 2.05) is 72.8 Å². The summed E-state index contributed by atoms with van der Waals surface area (Å²) >= 11 is 0. The quantitative estimate of drug-likeness (QED) is 0.120. The number of fused-ring (bicyclic) bond motifs is 8. The molecule has 0 atom stereocenters. The molecule has 9 rings (SSSR count). The summed E-state index contributed by atoms with van der Waals surface area (Å²) in [6.45, 7) is 0. The van der Waals surface area contributed by atoms with E-state index in [4.69, 9.17) is 27.2 Å². The van der Waals surface area contributed by atoms with Gasteiger partial charge in [-0.1, -0.05) is 66.7 Å².